The molecule has 2 aliphatic rings. The molecule has 3 heterocycles. The van der Waals surface area contributed by atoms with E-state index in [1.165, 1.54) is 25.9 Å². The Kier molecular flexibility index (Phi) is 5.56. The molecule has 134 valence electrons. The summed E-state index contributed by atoms with van der Waals surface area (Å²) < 4.78 is 1.85. The molecule has 24 heavy (non-hydrogen) atoms. The molecule has 0 bridgehead atoms. The molecule has 1 atom stereocenters. The molecule has 2 aliphatic heterocycles. The maximum Gasteiger partial charge on any atom is 0.224 e. The van der Waals surface area contributed by atoms with Gasteiger partial charge in [0.05, 0.1) is 12.1 Å². The normalized spacial score (nSPS) is 24.2. The summed E-state index contributed by atoms with van der Waals surface area (Å²) in [6.07, 6.45) is 6.47. The van der Waals surface area contributed by atoms with Crippen molar-refractivity contribution >= 4 is 5.91 Å². The lowest BCUT2D eigenvalue weighted by molar-refractivity contribution is -0.127. The van der Waals surface area contributed by atoms with Gasteiger partial charge < -0.3 is 10.2 Å². The minimum Gasteiger partial charge on any atom is -0.352 e. The first-order chi connectivity index (χ1) is 11.5. The number of aryl methyl sites for hydroxylation is 1. The van der Waals surface area contributed by atoms with E-state index in [1.807, 2.05) is 24.9 Å². The van der Waals surface area contributed by atoms with E-state index in [4.69, 9.17) is 0 Å². The van der Waals surface area contributed by atoms with E-state index in [1.54, 1.807) is 0 Å². The van der Waals surface area contributed by atoms with Crippen LogP contribution in [0.4, 0.5) is 0 Å². The summed E-state index contributed by atoms with van der Waals surface area (Å²) in [6.45, 7) is 7.06. The zero-order valence-corrected chi connectivity index (χ0v) is 15.3. The van der Waals surface area contributed by atoms with Crippen LogP contribution in [0.1, 0.15) is 36.9 Å². The number of rotatable bonds is 4. The van der Waals surface area contributed by atoms with E-state index in [2.05, 4.69) is 27.3 Å². The summed E-state index contributed by atoms with van der Waals surface area (Å²) in [6, 6.07) is 0.664. The Morgan fingerprint density at radius 3 is 2.67 bits per heavy atom. The minimum absolute atomic E-state index is 0.135. The summed E-state index contributed by atoms with van der Waals surface area (Å²) in [5.74, 6) is 0.339. The Balaban J connectivity index is 1.50. The Morgan fingerprint density at radius 1 is 1.25 bits per heavy atom. The fraction of sp³-hybridized carbons (Fsp3) is 0.778. The highest BCUT2D eigenvalue weighted by atomic mass is 16.1. The van der Waals surface area contributed by atoms with E-state index >= 15 is 0 Å². The van der Waals surface area contributed by atoms with Gasteiger partial charge in [0, 0.05) is 37.4 Å². The van der Waals surface area contributed by atoms with E-state index in [9.17, 15) is 4.79 Å². The molecule has 3 rings (SSSR count). The first-order valence-corrected chi connectivity index (χ1v) is 9.22. The molecule has 1 amide bonds. The zero-order chi connectivity index (χ0) is 17.1. The number of nitrogens with zero attached hydrogens (tertiary/aromatic N) is 4. The summed E-state index contributed by atoms with van der Waals surface area (Å²) in [4.78, 5) is 17.6. The molecular formula is C18H31N5O. The molecule has 6 nitrogen and oxygen atoms in total. The van der Waals surface area contributed by atoms with Gasteiger partial charge in [-0.15, -0.1) is 0 Å². The first-order valence-electron chi connectivity index (χ1n) is 9.22. The van der Waals surface area contributed by atoms with E-state index < -0.39 is 0 Å². The number of aromatic nitrogens is 2. The van der Waals surface area contributed by atoms with Crippen LogP contribution in [0.5, 0.6) is 0 Å². The Hall–Kier alpha value is -1.40. The van der Waals surface area contributed by atoms with E-state index in [0.717, 1.165) is 37.2 Å². The number of nitrogens with one attached hydrogen (secondary N) is 1. The van der Waals surface area contributed by atoms with Gasteiger partial charge in [-0.1, -0.05) is 0 Å². The van der Waals surface area contributed by atoms with Gasteiger partial charge in [0.25, 0.3) is 0 Å². The first kappa shape index (κ1) is 17.4. The standard InChI is InChI=1S/C18H31N5O/c1-14-16(12-20-22(14)3)11-19-18(24)15-5-4-8-23(13-15)17-6-9-21(2)10-7-17/h12,15,17H,4-11,13H2,1-3H3,(H,19,24)/t15-/m1/s1. The molecule has 0 unspecified atom stereocenters. The van der Waals surface area contributed by atoms with Crippen molar-refractivity contribution in [3.8, 4) is 0 Å². The molecule has 2 saturated heterocycles. The average molecular weight is 333 g/mol. The van der Waals surface area contributed by atoms with Gasteiger partial charge in [-0.25, -0.2) is 0 Å². The van der Waals surface area contributed by atoms with Crippen molar-refractivity contribution in [1.29, 1.82) is 0 Å². The largest absolute Gasteiger partial charge is 0.352 e. The number of piperidine rings is 2. The summed E-state index contributed by atoms with van der Waals surface area (Å²) in [5, 5.41) is 7.37. The van der Waals surface area contributed by atoms with Gasteiger partial charge in [0.2, 0.25) is 5.91 Å². The van der Waals surface area contributed by atoms with Crippen LogP contribution >= 0.6 is 0 Å². The SMILES string of the molecule is Cc1c(CNC(=O)[C@@H]2CCCN(C3CCN(C)CC3)C2)cnn1C. The molecule has 0 aliphatic carbocycles. The molecule has 6 heteroatoms. The summed E-state index contributed by atoms with van der Waals surface area (Å²) >= 11 is 0. The Labute approximate surface area is 145 Å². The molecule has 0 radical (unpaired) electrons. The zero-order valence-electron chi connectivity index (χ0n) is 15.3. The van der Waals surface area contributed by atoms with Gasteiger partial charge in [-0.3, -0.25) is 14.4 Å². The predicted octanol–water partition coefficient (Wildman–Crippen LogP) is 1.15. The molecule has 1 aromatic rings. The predicted molar refractivity (Wildman–Crippen MR) is 94.6 cm³/mol. The van der Waals surface area contributed by atoms with Crippen LogP contribution < -0.4 is 5.32 Å². The van der Waals surface area contributed by atoms with Crippen LogP contribution in [0, 0.1) is 12.8 Å². The number of hydrogen-bond donors (Lipinski definition) is 1. The van der Waals surface area contributed by atoms with Gasteiger partial charge in [-0.2, -0.15) is 5.10 Å². The number of carbonyl (C=O) groups is 1. The van der Waals surface area contributed by atoms with Gasteiger partial charge in [0.1, 0.15) is 0 Å². The number of amides is 1. The van der Waals surface area contributed by atoms with Crippen molar-refractivity contribution < 1.29 is 4.79 Å². The van der Waals surface area contributed by atoms with Crippen LogP contribution in [0.15, 0.2) is 6.20 Å². The van der Waals surface area contributed by atoms with Crippen LogP contribution in [0.3, 0.4) is 0 Å². The molecule has 0 saturated carbocycles. The smallest absolute Gasteiger partial charge is 0.224 e. The number of hydrogen-bond acceptors (Lipinski definition) is 4. The fourth-order valence-electron chi connectivity index (χ4n) is 3.96. The lowest BCUT2D eigenvalue weighted by Gasteiger charge is -2.41. The van der Waals surface area contributed by atoms with Gasteiger partial charge in [0.15, 0.2) is 0 Å². The fourth-order valence-corrected chi connectivity index (χ4v) is 3.96. The third kappa shape index (κ3) is 3.98. The quantitative estimate of drug-likeness (QED) is 0.898. The van der Waals surface area contributed by atoms with Crippen LogP contribution in [-0.2, 0) is 18.4 Å². The van der Waals surface area contributed by atoms with Crippen LogP contribution in [0.25, 0.3) is 0 Å². The molecular weight excluding hydrogens is 302 g/mol. The van der Waals surface area contributed by atoms with Crippen molar-refractivity contribution in [2.75, 3.05) is 33.2 Å². The van der Waals surface area contributed by atoms with Crippen LogP contribution in [-0.4, -0.2) is 64.8 Å². The maximum absolute atomic E-state index is 12.6. The second kappa shape index (κ2) is 7.66. The minimum atomic E-state index is 0.135. The molecule has 1 aromatic heterocycles. The second-order valence-corrected chi connectivity index (χ2v) is 7.47. The molecule has 2 fully saturated rings. The van der Waals surface area contributed by atoms with Crippen molar-refractivity contribution in [1.82, 2.24) is 24.9 Å². The lowest BCUT2D eigenvalue weighted by Crippen LogP contribution is -2.50. The van der Waals surface area contributed by atoms with Crippen molar-refractivity contribution in [2.45, 2.75) is 45.2 Å². The average Bonchev–Trinajstić information content (AvgIpc) is 2.92. The van der Waals surface area contributed by atoms with Gasteiger partial charge in [-0.05, 0) is 59.3 Å². The number of likely N-dealkylation sites (tertiary alicyclic amines) is 2. The van der Waals surface area contributed by atoms with Crippen molar-refractivity contribution in [2.24, 2.45) is 13.0 Å². The molecule has 0 spiro atoms. The third-order valence-corrected chi connectivity index (χ3v) is 5.82. The highest BCUT2D eigenvalue weighted by molar-refractivity contribution is 5.79. The lowest BCUT2D eigenvalue weighted by atomic mass is 9.93. The highest BCUT2D eigenvalue weighted by Gasteiger charge is 2.31. The summed E-state index contributed by atoms with van der Waals surface area (Å²) in [7, 11) is 4.13. The second-order valence-electron chi connectivity index (χ2n) is 7.47. The van der Waals surface area contributed by atoms with Crippen LogP contribution in [0.2, 0.25) is 0 Å². The Morgan fingerprint density at radius 2 is 2.00 bits per heavy atom. The molecule has 0 aromatic carbocycles. The highest BCUT2D eigenvalue weighted by Crippen LogP contribution is 2.23. The van der Waals surface area contributed by atoms with E-state index in [0.29, 0.717) is 12.6 Å². The Bertz CT molecular complexity index is 562. The summed E-state index contributed by atoms with van der Waals surface area (Å²) in [5.41, 5.74) is 2.22. The third-order valence-electron chi connectivity index (χ3n) is 5.82. The number of carbonyl (C=O) groups excluding carboxylic acids is 1. The maximum atomic E-state index is 12.6. The molecule has 1 N–H and O–H groups in total. The van der Waals surface area contributed by atoms with E-state index in [-0.39, 0.29) is 11.8 Å². The monoisotopic (exact) mass is 333 g/mol. The van der Waals surface area contributed by atoms with Crippen molar-refractivity contribution in [3.05, 3.63) is 17.5 Å². The van der Waals surface area contributed by atoms with Gasteiger partial charge >= 0.3 is 0 Å². The topological polar surface area (TPSA) is 53.4 Å². The van der Waals surface area contributed by atoms with Crippen molar-refractivity contribution in [3.63, 3.8) is 0 Å².